The highest BCUT2D eigenvalue weighted by molar-refractivity contribution is 5.89. The van der Waals surface area contributed by atoms with Gasteiger partial charge < -0.3 is 10.1 Å². The molecule has 1 N–H and O–H groups in total. The summed E-state index contributed by atoms with van der Waals surface area (Å²) in [5.74, 6) is -6.04. The van der Waals surface area contributed by atoms with Crippen LogP contribution in [0.25, 0.3) is 0 Å². The van der Waals surface area contributed by atoms with Crippen molar-refractivity contribution in [3.63, 3.8) is 0 Å². The SMILES string of the molecule is CCOC(=O)C(F)(F)c1ccc(NC(C)=O)cc1C#N. The van der Waals surface area contributed by atoms with Crippen LogP contribution in [0.15, 0.2) is 18.2 Å². The van der Waals surface area contributed by atoms with Crippen LogP contribution in [0.4, 0.5) is 14.5 Å². The van der Waals surface area contributed by atoms with Gasteiger partial charge in [-0.1, -0.05) is 0 Å². The van der Waals surface area contributed by atoms with Crippen LogP contribution >= 0.6 is 0 Å². The molecule has 0 aliphatic rings. The van der Waals surface area contributed by atoms with E-state index in [1.807, 2.05) is 0 Å². The maximum absolute atomic E-state index is 13.9. The summed E-state index contributed by atoms with van der Waals surface area (Å²) in [5.41, 5.74) is -0.973. The molecule has 20 heavy (non-hydrogen) atoms. The minimum absolute atomic E-state index is 0.192. The van der Waals surface area contributed by atoms with Gasteiger partial charge in [-0.2, -0.15) is 14.0 Å². The fourth-order valence-electron chi connectivity index (χ4n) is 1.52. The molecule has 1 rings (SSSR count). The topological polar surface area (TPSA) is 79.2 Å². The van der Waals surface area contributed by atoms with E-state index >= 15 is 0 Å². The Hall–Kier alpha value is -2.49. The van der Waals surface area contributed by atoms with Gasteiger partial charge in [0, 0.05) is 12.6 Å². The fraction of sp³-hybridized carbons (Fsp3) is 0.308. The molecule has 0 aliphatic heterocycles. The Bertz CT molecular complexity index is 579. The van der Waals surface area contributed by atoms with Crippen molar-refractivity contribution < 1.29 is 23.1 Å². The highest BCUT2D eigenvalue weighted by Gasteiger charge is 2.44. The third kappa shape index (κ3) is 3.29. The molecule has 7 heteroatoms. The third-order valence-electron chi connectivity index (χ3n) is 2.33. The summed E-state index contributed by atoms with van der Waals surface area (Å²) in [6, 6.07) is 4.75. The molecule has 1 aromatic rings. The van der Waals surface area contributed by atoms with E-state index in [2.05, 4.69) is 10.1 Å². The van der Waals surface area contributed by atoms with E-state index in [0.29, 0.717) is 0 Å². The van der Waals surface area contributed by atoms with Crippen LogP contribution in [-0.4, -0.2) is 18.5 Å². The quantitative estimate of drug-likeness (QED) is 0.858. The largest absolute Gasteiger partial charge is 0.461 e. The second kappa shape index (κ2) is 6.10. The summed E-state index contributed by atoms with van der Waals surface area (Å²) < 4.78 is 32.0. The van der Waals surface area contributed by atoms with Gasteiger partial charge in [0.25, 0.3) is 0 Å². The molecule has 0 atom stereocenters. The molecule has 0 saturated carbocycles. The molecule has 1 aromatic carbocycles. The molecule has 0 spiro atoms. The molecule has 1 amide bonds. The van der Waals surface area contributed by atoms with Gasteiger partial charge in [0.1, 0.15) is 0 Å². The normalized spacial score (nSPS) is 10.6. The number of amides is 1. The van der Waals surface area contributed by atoms with Gasteiger partial charge in [-0.25, -0.2) is 4.79 Å². The Morgan fingerprint density at radius 1 is 1.45 bits per heavy atom. The van der Waals surface area contributed by atoms with E-state index in [1.165, 1.54) is 19.9 Å². The predicted octanol–water partition coefficient (Wildman–Crippen LogP) is 2.17. The van der Waals surface area contributed by atoms with E-state index in [0.717, 1.165) is 12.1 Å². The minimum atomic E-state index is -3.92. The van der Waals surface area contributed by atoms with Crippen molar-refractivity contribution in [1.82, 2.24) is 0 Å². The van der Waals surface area contributed by atoms with Crippen molar-refractivity contribution in [1.29, 1.82) is 5.26 Å². The first-order valence-corrected chi connectivity index (χ1v) is 5.70. The summed E-state index contributed by atoms with van der Waals surface area (Å²) in [4.78, 5) is 22.1. The summed E-state index contributed by atoms with van der Waals surface area (Å²) in [7, 11) is 0. The second-order valence-electron chi connectivity index (χ2n) is 3.85. The van der Waals surface area contributed by atoms with E-state index < -0.39 is 28.9 Å². The number of ether oxygens (including phenoxy) is 1. The lowest BCUT2D eigenvalue weighted by Gasteiger charge is -2.16. The lowest BCUT2D eigenvalue weighted by Crippen LogP contribution is -2.29. The highest BCUT2D eigenvalue weighted by Crippen LogP contribution is 2.33. The third-order valence-corrected chi connectivity index (χ3v) is 2.33. The van der Waals surface area contributed by atoms with Gasteiger partial charge in [0.15, 0.2) is 0 Å². The van der Waals surface area contributed by atoms with Crippen LogP contribution in [-0.2, 0) is 20.2 Å². The van der Waals surface area contributed by atoms with Gasteiger partial charge in [-0.3, -0.25) is 4.79 Å². The Balaban J connectivity index is 3.22. The Morgan fingerprint density at radius 3 is 2.60 bits per heavy atom. The van der Waals surface area contributed by atoms with Crippen LogP contribution in [0, 0.1) is 11.3 Å². The second-order valence-corrected chi connectivity index (χ2v) is 3.85. The molecular formula is C13H12F2N2O3. The Morgan fingerprint density at radius 2 is 2.10 bits per heavy atom. The molecule has 0 aliphatic carbocycles. The first-order valence-electron chi connectivity index (χ1n) is 5.70. The van der Waals surface area contributed by atoms with Gasteiger partial charge in [0.05, 0.1) is 23.8 Å². The van der Waals surface area contributed by atoms with E-state index in [-0.39, 0.29) is 12.3 Å². The Labute approximate surface area is 114 Å². The van der Waals surface area contributed by atoms with E-state index in [1.54, 1.807) is 6.07 Å². The number of anilines is 1. The predicted molar refractivity (Wildman–Crippen MR) is 66.0 cm³/mol. The van der Waals surface area contributed by atoms with Crippen molar-refractivity contribution in [3.05, 3.63) is 29.3 Å². The van der Waals surface area contributed by atoms with Gasteiger partial charge >= 0.3 is 11.9 Å². The Kier molecular flexibility index (Phi) is 4.75. The van der Waals surface area contributed by atoms with E-state index in [4.69, 9.17) is 5.26 Å². The number of halogens is 2. The molecule has 0 unspecified atom stereocenters. The zero-order valence-electron chi connectivity index (χ0n) is 10.9. The van der Waals surface area contributed by atoms with Crippen LogP contribution < -0.4 is 5.32 Å². The summed E-state index contributed by atoms with van der Waals surface area (Å²) in [6.07, 6.45) is 0. The first-order chi connectivity index (χ1) is 9.32. The number of nitrogens with zero attached hydrogens (tertiary/aromatic N) is 1. The smallest absolute Gasteiger partial charge is 0.382 e. The van der Waals surface area contributed by atoms with Gasteiger partial charge in [-0.15, -0.1) is 0 Å². The van der Waals surface area contributed by atoms with Gasteiger partial charge in [0.2, 0.25) is 5.91 Å². The average Bonchev–Trinajstić information content (AvgIpc) is 2.37. The van der Waals surface area contributed by atoms with Crippen LogP contribution in [0.2, 0.25) is 0 Å². The number of alkyl halides is 2. The monoisotopic (exact) mass is 282 g/mol. The summed E-state index contributed by atoms with van der Waals surface area (Å²) in [6.45, 7) is 2.45. The fourth-order valence-corrected chi connectivity index (χ4v) is 1.52. The molecule has 106 valence electrons. The zero-order valence-corrected chi connectivity index (χ0v) is 10.9. The lowest BCUT2D eigenvalue weighted by molar-refractivity contribution is -0.173. The minimum Gasteiger partial charge on any atom is -0.461 e. The maximum atomic E-state index is 13.9. The highest BCUT2D eigenvalue weighted by atomic mass is 19.3. The average molecular weight is 282 g/mol. The number of hydrogen-bond acceptors (Lipinski definition) is 4. The molecule has 0 fully saturated rings. The molecule has 0 bridgehead atoms. The molecule has 5 nitrogen and oxygen atoms in total. The summed E-state index contributed by atoms with van der Waals surface area (Å²) in [5, 5.41) is 11.3. The first kappa shape index (κ1) is 15.6. The van der Waals surface area contributed by atoms with Crippen molar-refractivity contribution in [2.45, 2.75) is 19.8 Å². The number of nitriles is 1. The summed E-state index contributed by atoms with van der Waals surface area (Å²) >= 11 is 0. The number of carbonyl (C=O) groups is 2. The number of hydrogen-bond donors (Lipinski definition) is 1. The maximum Gasteiger partial charge on any atom is 0.382 e. The number of esters is 1. The molecule has 0 aromatic heterocycles. The molecule has 0 radical (unpaired) electrons. The van der Waals surface area contributed by atoms with Crippen LogP contribution in [0.5, 0.6) is 0 Å². The molecular weight excluding hydrogens is 270 g/mol. The van der Waals surface area contributed by atoms with Gasteiger partial charge in [-0.05, 0) is 25.1 Å². The number of benzene rings is 1. The zero-order chi connectivity index (χ0) is 15.3. The number of carbonyl (C=O) groups excluding carboxylic acids is 2. The van der Waals surface area contributed by atoms with Crippen molar-refractivity contribution in [2.75, 3.05) is 11.9 Å². The lowest BCUT2D eigenvalue weighted by atomic mass is 10.0. The molecule has 0 heterocycles. The van der Waals surface area contributed by atoms with Crippen molar-refractivity contribution >= 4 is 17.6 Å². The van der Waals surface area contributed by atoms with Crippen molar-refractivity contribution in [3.8, 4) is 6.07 Å². The van der Waals surface area contributed by atoms with Crippen molar-refractivity contribution in [2.24, 2.45) is 0 Å². The molecule has 0 saturated heterocycles. The number of rotatable bonds is 4. The van der Waals surface area contributed by atoms with E-state index in [9.17, 15) is 18.4 Å². The van der Waals surface area contributed by atoms with Crippen LogP contribution in [0.3, 0.4) is 0 Å². The van der Waals surface area contributed by atoms with Crippen LogP contribution in [0.1, 0.15) is 25.0 Å². The number of nitrogens with one attached hydrogen (secondary N) is 1. The standard InChI is InChI=1S/C13H12F2N2O3/c1-3-20-12(19)13(14,15)11-5-4-10(17-8(2)18)6-9(11)7-16/h4-6H,3H2,1-2H3,(H,17,18).